The van der Waals surface area contributed by atoms with Crippen molar-refractivity contribution in [3.63, 3.8) is 0 Å². The van der Waals surface area contributed by atoms with Crippen molar-refractivity contribution in [1.29, 1.82) is 0 Å². The van der Waals surface area contributed by atoms with E-state index in [-0.39, 0.29) is 5.91 Å². The van der Waals surface area contributed by atoms with Gasteiger partial charge in [0, 0.05) is 22.0 Å². The Hall–Kier alpha value is -2.32. The molecule has 0 unspecified atom stereocenters. The van der Waals surface area contributed by atoms with Gasteiger partial charge < -0.3 is 14.8 Å². The Labute approximate surface area is 177 Å². The lowest BCUT2D eigenvalue weighted by Gasteiger charge is -2.19. The largest absolute Gasteiger partial charge is 0.486 e. The Bertz CT molecular complexity index is 1080. The minimum Gasteiger partial charge on any atom is -0.486 e. The molecule has 3 heterocycles. The van der Waals surface area contributed by atoms with Gasteiger partial charge in [-0.25, -0.2) is 9.97 Å². The molecule has 6 nitrogen and oxygen atoms in total. The molecule has 3 aromatic rings. The molecule has 29 heavy (non-hydrogen) atoms. The highest BCUT2D eigenvalue weighted by atomic mass is 32.2. The summed E-state index contributed by atoms with van der Waals surface area (Å²) >= 11 is 3.25. The first kappa shape index (κ1) is 18.7. The first-order chi connectivity index (χ1) is 14.2. The molecule has 0 saturated heterocycles. The molecule has 1 atom stereocenters. The van der Waals surface area contributed by atoms with Crippen LogP contribution in [-0.2, 0) is 17.6 Å². The molecule has 0 saturated carbocycles. The maximum Gasteiger partial charge on any atom is 0.234 e. The van der Waals surface area contributed by atoms with Gasteiger partial charge in [-0.15, -0.1) is 11.3 Å². The number of hydrogen-bond acceptors (Lipinski definition) is 7. The molecule has 1 aliphatic carbocycles. The molecule has 1 N–H and O–H groups in total. The van der Waals surface area contributed by atoms with Gasteiger partial charge in [-0.1, -0.05) is 18.7 Å². The van der Waals surface area contributed by atoms with E-state index in [0.717, 1.165) is 34.0 Å². The van der Waals surface area contributed by atoms with Gasteiger partial charge in [0.15, 0.2) is 11.5 Å². The zero-order chi connectivity index (χ0) is 19.8. The van der Waals surface area contributed by atoms with Crippen LogP contribution in [0.4, 0.5) is 5.69 Å². The predicted octanol–water partition coefficient (Wildman–Crippen LogP) is 4.32. The topological polar surface area (TPSA) is 73.3 Å². The number of anilines is 1. The number of nitrogens with one attached hydrogen (secondary N) is 1. The van der Waals surface area contributed by atoms with Gasteiger partial charge in [-0.2, -0.15) is 0 Å². The van der Waals surface area contributed by atoms with Crippen LogP contribution in [0.2, 0.25) is 0 Å². The van der Waals surface area contributed by atoms with E-state index in [0.29, 0.717) is 36.2 Å². The second-order valence-corrected chi connectivity index (χ2v) is 9.45. The number of nitrogens with zero attached hydrogens (tertiary/aromatic N) is 2. The molecule has 5 rings (SSSR count). The lowest BCUT2D eigenvalue weighted by atomic mass is 9.89. The summed E-state index contributed by atoms with van der Waals surface area (Å²) in [6, 6.07) is 5.45. The van der Waals surface area contributed by atoms with Gasteiger partial charge in [0.05, 0.1) is 5.75 Å². The predicted molar refractivity (Wildman–Crippen MR) is 115 cm³/mol. The van der Waals surface area contributed by atoms with Crippen molar-refractivity contribution in [2.45, 2.75) is 31.2 Å². The molecule has 2 aromatic heterocycles. The second kappa shape index (κ2) is 7.84. The van der Waals surface area contributed by atoms with Crippen molar-refractivity contribution in [2.24, 2.45) is 5.92 Å². The summed E-state index contributed by atoms with van der Waals surface area (Å²) in [5.41, 5.74) is 2.09. The number of aryl methyl sites for hydroxylation is 1. The van der Waals surface area contributed by atoms with E-state index in [2.05, 4.69) is 22.2 Å². The van der Waals surface area contributed by atoms with Crippen LogP contribution in [0.25, 0.3) is 10.2 Å². The standard InChI is InChI=1S/C21H21N3O3S2/c1-12-2-4-14-17(8-12)29-21-19(14)20(22-11-23-21)28-10-18(25)24-13-3-5-15-16(9-13)27-7-6-26-15/h3,5,9,11-12H,2,4,6-8,10H2,1H3,(H,24,25)/t12-/m1/s1. The quantitative estimate of drug-likeness (QED) is 0.494. The van der Waals surface area contributed by atoms with E-state index in [1.807, 2.05) is 12.1 Å². The molecule has 1 aromatic carbocycles. The van der Waals surface area contributed by atoms with Crippen LogP contribution in [-0.4, -0.2) is 34.8 Å². The minimum atomic E-state index is -0.0730. The van der Waals surface area contributed by atoms with Crippen LogP contribution in [0.15, 0.2) is 29.6 Å². The summed E-state index contributed by atoms with van der Waals surface area (Å²) in [6.45, 7) is 3.37. The Morgan fingerprint density at radius 2 is 2.14 bits per heavy atom. The highest BCUT2D eigenvalue weighted by Gasteiger charge is 2.23. The molecule has 150 valence electrons. The molecule has 1 amide bonds. The average Bonchev–Trinajstić information content (AvgIpc) is 3.10. The van der Waals surface area contributed by atoms with Crippen LogP contribution < -0.4 is 14.8 Å². The fourth-order valence-corrected chi connectivity index (χ4v) is 6.05. The number of hydrogen-bond donors (Lipinski definition) is 1. The van der Waals surface area contributed by atoms with Crippen LogP contribution in [0, 0.1) is 5.92 Å². The SMILES string of the molecule is C[C@@H]1CCc2c(sc3ncnc(SCC(=O)Nc4ccc5c(c4)OCCO5)c23)C1. The number of benzene rings is 1. The number of aromatic nitrogens is 2. The van der Waals surface area contributed by atoms with Crippen LogP contribution >= 0.6 is 23.1 Å². The zero-order valence-corrected chi connectivity index (χ0v) is 17.7. The minimum absolute atomic E-state index is 0.0730. The van der Waals surface area contributed by atoms with Crippen molar-refractivity contribution in [3.05, 3.63) is 35.0 Å². The summed E-state index contributed by atoms with van der Waals surface area (Å²) in [5.74, 6) is 2.32. The van der Waals surface area contributed by atoms with E-state index < -0.39 is 0 Å². The van der Waals surface area contributed by atoms with Crippen molar-refractivity contribution < 1.29 is 14.3 Å². The van der Waals surface area contributed by atoms with Crippen molar-refractivity contribution in [3.8, 4) is 11.5 Å². The fraction of sp³-hybridized carbons (Fsp3) is 0.381. The number of thiophene rings is 1. The fourth-order valence-electron chi connectivity index (χ4n) is 3.81. The van der Waals surface area contributed by atoms with Gasteiger partial charge in [0.1, 0.15) is 29.4 Å². The highest BCUT2D eigenvalue weighted by molar-refractivity contribution is 8.00. The number of ether oxygens (including phenoxy) is 2. The summed E-state index contributed by atoms with van der Waals surface area (Å²) in [5, 5.41) is 4.99. The van der Waals surface area contributed by atoms with E-state index in [1.54, 1.807) is 23.7 Å². The third-order valence-electron chi connectivity index (χ3n) is 5.22. The van der Waals surface area contributed by atoms with Crippen molar-refractivity contribution in [2.75, 3.05) is 24.3 Å². The highest BCUT2D eigenvalue weighted by Crippen LogP contribution is 2.40. The normalized spacial score (nSPS) is 17.8. The number of amides is 1. The van der Waals surface area contributed by atoms with E-state index in [9.17, 15) is 4.79 Å². The van der Waals surface area contributed by atoms with Crippen molar-refractivity contribution >= 4 is 44.9 Å². The van der Waals surface area contributed by atoms with Crippen LogP contribution in [0.1, 0.15) is 23.8 Å². The van der Waals surface area contributed by atoms with Gasteiger partial charge in [-0.05, 0) is 42.9 Å². The first-order valence-corrected chi connectivity index (χ1v) is 11.5. The molecule has 2 aliphatic rings. The van der Waals surface area contributed by atoms with Gasteiger partial charge in [0.2, 0.25) is 5.91 Å². The Morgan fingerprint density at radius 3 is 3.03 bits per heavy atom. The number of carbonyl (C=O) groups is 1. The molecular formula is C21H21N3O3S2. The monoisotopic (exact) mass is 427 g/mol. The number of rotatable bonds is 4. The summed E-state index contributed by atoms with van der Waals surface area (Å²) in [6.07, 6.45) is 4.99. The third-order valence-corrected chi connectivity index (χ3v) is 7.37. The smallest absolute Gasteiger partial charge is 0.234 e. The van der Waals surface area contributed by atoms with Crippen LogP contribution in [0.5, 0.6) is 11.5 Å². The molecule has 1 aliphatic heterocycles. The third kappa shape index (κ3) is 3.79. The first-order valence-electron chi connectivity index (χ1n) is 9.75. The maximum absolute atomic E-state index is 12.5. The summed E-state index contributed by atoms with van der Waals surface area (Å²) < 4.78 is 11.1. The van der Waals surface area contributed by atoms with E-state index in [1.165, 1.54) is 28.6 Å². The van der Waals surface area contributed by atoms with Gasteiger partial charge >= 0.3 is 0 Å². The summed E-state index contributed by atoms with van der Waals surface area (Å²) in [4.78, 5) is 23.9. The number of thioether (sulfide) groups is 1. The molecule has 8 heteroatoms. The van der Waals surface area contributed by atoms with Gasteiger partial charge in [-0.3, -0.25) is 4.79 Å². The van der Waals surface area contributed by atoms with E-state index in [4.69, 9.17) is 9.47 Å². The molecule has 0 spiro atoms. The Morgan fingerprint density at radius 1 is 1.28 bits per heavy atom. The zero-order valence-electron chi connectivity index (χ0n) is 16.1. The molecule has 0 bridgehead atoms. The van der Waals surface area contributed by atoms with E-state index >= 15 is 0 Å². The lowest BCUT2D eigenvalue weighted by molar-refractivity contribution is -0.113. The van der Waals surface area contributed by atoms with Crippen LogP contribution in [0.3, 0.4) is 0 Å². The number of carbonyl (C=O) groups excluding carboxylic acids is 1. The summed E-state index contributed by atoms with van der Waals surface area (Å²) in [7, 11) is 0. The molecular weight excluding hydrogens is 406 g/mol. The Kier molecular flexibility index (Phi) is 5.05. The average molecular weight is 428 g/mol. The Balaban J connectivity index is 1.30. The van der Waals surface area contributed by atoms with Crippen molar-refractivity contribution in [1.82, 2.24) is 9.97 Å². The molecule has 0 radical (unpaired) electrons. The maximum atomic E-state index is 12.5. The lowest BCUT2D eigenvalue weighted by Crippen LogP contribution is -2.17. The second-order valence-electron chi connectivity index (χ2n) is 7.41. The van der Waals surface area contributed by atoms with Gasteiger partial charge in [0.25, 0.3) is 0 Å². The number of fused-ring (bicyclic) bond motifs is 4. The molecule has 0 fully saturated rings.